The maximum atomic E-state index is 13.4. The molecule has 0 bridgehead atoms. The number of carbonyl (C=O) groups excluding carboxylic acids is 2. The molecule has 27 heavy (non-hydrogen) atoms. The largest absolute Gasteiger partial charge is 0.354 e. The summed E-state index contributed by atoms with van der Waals surface area (Å²) in [6, 6.07) is 6.25. The third kappa shape index (κ3) is 4.49. The van der Waals surface area contributed by atoms with Crippen molar-refractivity contribution < 1.29 is 14.0 Å². The van der Waals surface area contributed by atoms with Crippen molar-refractivity contribution in [2.75, 3.05) is 19.6 Å². The fourth-order valence-corrected chi connectivity index (χ4v) is 4.57. The summed E-state index contributed by atoms with van der Waals surface area (Å²) in [5.74, 6) is 0.0398. The highest BCUT2D eigenvalue weighted by Gasteiger charge is 2.41. The first-order chi connectivity index (χ1) is 13.0. The van der Waals surface area contributed by atoms with Gasteiger partial charge < -0.3 is 16.0 Å². The van der Waals surface area contributed by atoms with E-state index >= 15 is 0 Å². The number of hydrogen-bond acceptors (Lipinski definition) is 3. The van der Waals surface area contributed by atoms with E-state index in [2.05, 4.69) is 5.32 Å². The van der Waals surface area contributed by atoms with E-state index in [4.69, 9.17) is 5.73 Å². The first-order valence-corrected chi connectivity index (χ1v) is 10.0. The number of nitrogens with one attached hydrogen (secondary N) is 1. The summed E-state index contributed by atoms with van der Waals surface area (Å²) >= 11 is 0. The molecule has 1 aliphatic carbocycles. The Morgan fingerprint density at radius 3 is 2.44 bits per heavy atom. The zero-order chi connectivity index (χ0) is 19.3. The summed E-state index contributed by atoms with van der Waals surface area (Å²) in [5, 5.41) is 3.09. The van der Waals surface area contributed by atoms with Gasteiger partial charge in [-0.2, -0.15) is 0 Å². The van der Waals surface area contributed by atoms with Gasteiger partial charge in [0.2, 0.25) is 12.3 Å². The molecular formula is C21H30FN3O2. The minimum Gasteiger partial charge on any atom is -0.354 e. The van der Waals surface area contributed by atoms with Crippen LogP contribution in [-0.2, 0) is 15.0 Å². The molecule has 1 saturated carbocycles. The van der Waals surface area contributed by atoms with Crippen LogP contribution in [0.15, 0.2) is 24.3 Å². The highest BCUT2D eigenvalue weighted by atomic mass is 19.1. The Bertz CT molecular complexity index is 635. The summed E-state index contributed by atoms with van der Waals surface area (Å²) < 4.78 is 13.4. The predicted octanol–water partition coefficient (Wildman–Crippen LogP) is 2.34. The SMILES string of the molecule is NC(CNC(=O)C1(c2ccc(F)cc2)CCCCC1)C1CCN(C=O)CC1. The summed E-state index contributed by atoms with van der Waals surface area (Å²) in [6.07, 6.45) is 7.35. The maximum absolute atomic E-state index is 13.4. The Morgan fingerprint density at radius 2 is 1.85 bits per heavy atom. The fraction of sp³-hybridized carbons (Fsp3) is 0.619. The lowest BCUT2D eigenvalue weighted by atomic mass is 9.68. The number of halogens is 1. The molecule has 3 rings (SSSR count). The number of amides is 2. The van der Waals surface area contributed by atoms with Crippen LogP contribution in [0.4, 0.5) is 4.39 Å². The molecule has 5 nitrogen and oxygen atoms in total. The molecule has 1 unspecified atom stereocenters. The van der Waals surface area contributed by atoms with Gasteiger partial charge in [-0.25, -0.2) is 4.39 Å². The standard InChI is InChI=1S/C21H30FN3O2/c22-18-6-4-17(5-7-18)21(10-2-1-3-11-21)20(27)24-14-19(23)16-8-12-25(15-26)13-9-16/h4-7,15-16,19H,1-3,8-14,23H2,(H,24,27). The molecule has 2 fully saturated rings. The second-order valence-electron chi connectivity index (χ2n) is 8.00. The van der Waals surface area contributed by atoms with Crippen LogP contribution >= 0.6 is 0 Å². The second kappa shape index (κ2) is 8.83. The Kier molecular flexibility index (Phi) is 6.47. The lowest BCUT2D eigenvalue weighted by molar-refractivity contribution is -0.128. The van der Waals surface area contributed by atoms with Gasteiger partial charge in [0.15, 0.2) is 0 Å². The summed E-state index contributed by atoms with van der Waals surface area (Å²) in [6.45, 7) is 1.90. The Hall–Kier alpha value is -1.95. The van der Waals surface area contributed by atoms with Crippen molar-refractivity contribution in [3.8, 4) is 0 Å². The molecule has 1 aromatic rings. The summed E-state index contributed by atoms with van der Waals surface area (Å²) in [4.78, 5) is 25.8. The maximum Gasteiger partial charge on any atom is 0.230 e. The molecule has 1 atom stereocenters. The molecular weight excluding hydrogens is 345 g/mol. The lowest BCUT2D eigenvalue weighted by Crippen LogP contribution is -2.51. The van der Waals surface area contributed by atoms with E-state index in [-0.39, 0.29) is 17.8 Å². The number of nitrogens with two attached hydrogens (primary N) is 1. The van der Waals surface area contributed by atoms with Crippen LogP contribution in [0.1, 0.15) is 50.5 Å². The molecule has 2 amide bonds. The van der Waals surface area contributed by atoms with Gasteiger partial charge in [-0.3, -0.25) is 9.59 Å². The van der Waals surface area contributed by atoms with E-state index in [1.54, 1.807) is 17.0 Å². The number of hydrogen-bond donors (Lipinski definition) is 2. The van der Waals surface area contributed by atoms with E-state index in [1.807, 2.05) is 0 Å². The smallest absolute Gasteiger partial charge is 0.230 e. The van der Waals surface area contributed by atoms with Gasteiger partial charge in [0.05, 0.1) is 5.41 Å². The molecule has 148 valence electrons. The van der Waals surface area contributed by atoms with Crippen LogP contribution in [0, 0.1) is 11.7 Å². The van der Waals surface area contributed by atoms with Crippen molar-refractivity contribution in [1.82, 2.24) is 10.2 Å². The summed E-state index contributed by atoms with van der Waals surface area (Å²) in [5.41, 5.74) is 6.66. The minimum atomic E-state index is -0.577. The molecule has 6 heteroatoms. The fourth-order valence-electron chi connectivity index (χ4n) is 4.57. The number of rotatable bonds is 6. The molecule has 0 radical (unpaired) electrons. The number of carbonyl (C=O) groups is 2. The van der Waals surface area contributed by atoms with Crippen LogP contribution in [0.5, 0.6) is 0 Å². The third-order valence-electron chi connectivity index (χ3n) is 6.37. The number of nitrogens with zero attached hydrogens (tertiary/aromatic N) is 1. The van der Waals surface area contributed by atoms with Crippen molar-refractivity contribution in [2.45, 2.75) is 56.4 Å². The first kappa shape index (κ1) is 19.8. The van der Waals surface area contributed by atoms with Crippen molar-refractivity contribution in [3.63, 3.8) is 0 Å². The molecule has 2 aliphatic rings. The van der Waals surface area contributed by atoms with Crippen LogP contribution in [0.3, 0.4) is 0 Å². The molecule has 1 aliphatic heterocycles. The van der Waals surface area contributed by atoms with Crippen molar-refractivity contribution in [3.05, 3.63) is 35.6 Å². The van der Waals surface area contributed by atoms with Gasteiger partial charge in [-0.1, -0.05) is 31.4 Å². The number of piperidine rings is 1. The van der Waals surface area contributed by atoms with Gasteiger partial charge >= 0.3 is 0 Å². The zero-order valence-corrected chi connectivity index (χ0v) is 15.8. The van der Waals surface area contributed by atoms with Crippen LogP contribution < -0.4 is 11.1 Å². The van der Waals surface area contributed by atoms with Crippen molar-refractivity contribution in [1.29, 1.82) is 0 Å². The number of benzene rings is 1. The van der Waals surface area contributed by atoms with Gasteiger partial charge in [0.25, 0.3) is 0 Å². The quantitative estimate of drug-likeness (QED) is 0.750. The molecule has 1 saturated heterocycles. The minimum absolute atomic E-state index is 0.00888. The van der Waals surface area contributed by atoms with E-state index in [9.17, 15) is 14.0 Å². The second-order valence-corrected chi connectivity index (χ2v) is 8.00. The average molecular weight is 375 g/mol. The third-order valence-corrected chi connectivity index (χ3v) is 6.37. The van der Waals surface area contributed by atoms with E-state index in [0.29, 0.717) is 12.5 Å². The van der Waals surface area contributed by atoms with Crippen LogP contribution in [0.2, 0.25) is 0 Å². The topological polar surface area (TPSA) is 75.4 Å². The Balaban J connectivity index is 1.63. The van der Waals surface area contributed by atoms with Crippen molar-refractivity contribution >= 4 is 12.3 Å². The molecule has 3 N–H and O–H groups in total. The Morgan fingerprint density at radius 1 is 1.22 bits per heavy atom. The first-order valence-electron chi connectivity index (χ1n) is 10.0. The molecule has 1 aromatic carbocycles. The zero-order valence-electron chi connectivity index (χ0n) is 15.8. The normalized spacial score (nSPS) is 21.5. The van der Waals surface area contributed by atoms with Crippen LogP contribution in [-0.4, -0.2) is 42.9 Å². The highest BCUT2D eigenvalue weighted by Crippen LogP contribution is 2.39. The van der Waals surface area contributed by atoms with Gasteiger partial charge in [-0.15, -0.1) is 0 Å². The number of likely N-dealkylation sites (tertiary alicyclic amines) is 1. The summed E-state index contributed by atoms with van der Waals surface area (Å²) in [7, 11) is 0. The molecule has 0 aromatic heterocycles. The van der Waals surface area contributed by atoms with Gasteiger partial charge in [-0.05, 0) is 49.3 Å². The van der Waals surface area contributed by atoms with Gasteiger partial charge in [0.1, 0.15) is 5.82 Å². The highest BCUT2D eigenvalue weighted by molar-refractivity contribution is 5.88. The molecule has 1 heterocycles. The Labute approximate surface area is 160 Å². The van der Waals surface area contributed by atoms with Gasteiger partial charge in [0, 0.05) is 25.7 Å². The van der Waals surface area contributed by atoms with E-state index < -0.39 is 5.41 Å². The van der Waals surface area contributed by atoms with E-state index in [0.717, 1.165) is 70.0 Å². The van der Waals surface area contributed by atoms with Crippen LogP contribution in [0.25, 0.3) is 0 Å². The monoisotopic (exact) mass is 375 g/mol. The lowest BCUT2D eigenvalue weighted by Gasteiger charge is -2.37. The molecule has 0 spiro atoms. The average Bonchev–Trinajstić information content (AvgIpc) is 2.72. The predicted molar refractivity (Wildman–Crippen MR) is 103 cm³/mol. The van der Waals surface area contributed by atoms with E-state index in [1.165, 1.54) is 12.1 Å². The van der Waals surface area contributed by atoms with Crippen molar-refractivity contribution in [2.24, 2.45) is 11.7 Å².